The lowest BCUT2D eigenvalue weighted by molar-refractivity contribution is -0.922. The monoisotopic (exact) mass is 533 g/mol. The molecule has 0 bridgehead atoms. The Bertz CT molecular complexity index is 1260. The lowest BCUT2D eigenvalue weighted by Crippen LogP contribution is -2.68. The summed E-state index contributed by atoms with van der Waals surface area (Å²) >= 11 is 0. The van der Waals surface area contributed by atoms with E-state index >= 15 is 0 Å². The number of fused-ring (bicyclic) bond motifs is 1. The van der Waals surface area contributed by atoms with Gasteiger partial charge in [-0.2, -0.15) is 0 Å². The molecule has 1 aliphatic rings. The number of likely N-dealkylation sites (N-methyl/N-ethyl adjacent to an activating group) is 1. The molecule has 1 fully saturated rings. The number of quaternary nitrogens is 1. The van der Waals surface area contributed by atoms with Crippen LogP contribution in [0.25, 0.3) is 10.8 Å². The fourth-order valence-electron chi connectivity index (χ4n) is 6.15. The van der Waals surface area contributed by atoms with Crippen molar-refractivity contribution in [2.24, 2.45) is 11.7 Å². The molecule has 7 nitrogen and oxygen atoms in total. The molecule has 4 rings (SSSR count). The Morgan fingerprint density at radius 1 is 1.15 bits per heavy atom. The number of aryl methyl sites for hydroxylation is 2. The minimum Gasteiger partial charge on any atom is -0.471 e. The second-order valence-corrected chi connectivity index (χ2v) is 11.8. The minimum absolute atomic E-state index is 0.172. The van der Waals surface area contributed by atoms with Gasteiger partial charge in [-0.25, -0.2) is 4.98 Å². The highest BCUT2D eigenvalue weighted by Crippen LogP contribution is 2.39. The van der Waals surface area contributed by atoms with E-state index in [2.05, 4.69) is 57.2 Å². The van der Waals surface area contributed by atoms with Gasteiger partial charge in [-0.1, -0.05) is 44.5 Å². The highest BCUT2D eigenvalue weighted by molar-refractivity contribution is 5.87. The first-order valence-corrected chi connectivity index (χ1v) is 14.5. The van der Waals surface area contributed by atoms with E-state index < -0.39 is 11.5 Å². The van der Waals surface area contributed by atoms with Crippen molar-refractivity contribution in [2.45, 2.75) is 76.9 Å². The van der Waals surface area contributed by atoms with Crippen LogP contribution in [-0.2, 0) is 24.1 Å². The fourth-order valence-corrected chi connectivity index (χ4v) is 6.15. The van der Waals surface area contributed by atoms with Crippen LogP contribution in [0.5, 0.6) is 5.88 Å². The van der Waals surface area contributed by atoms with Crippen LogP contribution in [0.1, 0.15) is 62.9 Å². The largest absolute Gasteiger partial charge is 0.471 e. The number of aromatic nitrogens is 2. The van der Waals surface area contributed by atoms with Crippen LogP contribution in [0.3, 0.4) is 0 Å². The molecule has 1 saturated carbocycles. The summed E-state index contributed by atoms with van der Waals surface area (Å²) < 4.78 is 6.72. The van der Waals surface area contributed by atoms with Gasteiger partial charge in [0.05, 0.1) is 14.1 Å². The van der Waals surface area contributed by atoms with Gasteiger partial charge in [-0.05, 0) is 73.6 Å². The van der Waals surface area contributed by atoms with Crippen LogP contribution < -0.4 is 10.5 Å². The number of benzene rings is 1. The van der Waals surface area contributed by atoms with E-state index in [1.807, 2.05) is 24.4 Å². The van der Waals surface area contributed by atoms with E-state index in [4.69, 9.17) is 15.5 Å². The third kappa shape index (κ3) is 6.76. The maximum absolute atomic E-state index is 12.7. The standard InChI is InChI=1S/C32H44N4O3/c1-5-7-11-27-20-25-10-8-9-12-28(25)30(35-27)39-18-17-36(3,4)29-16-14-23(21-32(29,38)31(33)37)19-24-13-15-26(6-2)34-22-24/h8-10,12-13,15,20,22-23,29,38H,5-7,11,14,16-19,21H2,1-4H3,(H-,33,37)/p+1/t23?,29-,32-/m0/s1. The normalized spacial score (nSPS) is 21.7. The van der Waals surface area contributed by atoms with Crippen molar-refractivity contribution in [3.8, 4) is 5.88 Å². The molecular formula is C32H45N4O3+. The van der Waals surface area contributed by atoms with E-state index in [0.29, 0.717) is 36.4 Å². The number of ether oxygens (including phenoxy) is 1. The lowest BCUT2D eigenvalue weighted by Gasteiger charge is -2.49. The zero-order chi connectivity index (χ0) is 28.0. The molecule has 3 aromatic rings. The topological polar surface area (TPSA) is 98.3 Å². The van der Waals surface area contributed by atoms with Gasteiger partial charge in [-0.3, -0.25) is 9.78 Å². The Labute approximate surface area is 233 Å². The first-order chi connectivity index (χ1) is 18.7. The number of carbonyl (C=O) groups excluding carboxylic acids is 1. The lowest BCUT2D eigenvalue weighted by atomic mass is 9.71. The van der Waals surface area contributed by atoms with Gasteiger partial charge in [0.2, 0.25) is 5.88 Å². The molecular weight excluding hydrogens is 488 g/mol. The summed E-state index contributed by atoms with van der Waals surface area (Å²) in [6, 6.07) is 14.2. The number of unbranched alkanes of at least 4 members (excludes halogenated alkanes) is 1. The average Bonchev–Trinajstić information content (AvgIpc) is 2.92. The number of rotatable bonds is 12. The van der Waals surface area contributed by atoms with Crippen molar-refractivity contribution >= 4 is 16.7 Å². The zero-order valence-corrected chi connectivity index (χ0v) is 24.0. The second-order valence-electron chi connectivity index (χ2n) is 11.8. The number of pyridine rings is 2. The predicted molar refractivity (Wildman–Crippen MR) is 155 cm³/mol. The summed E-state index contributed by atoms with van der Waals surface area (Å²) in [6.45, 7) is 5.30. The Morgan fingerprint density at radius 2 is 1.95 bits per heavy atom. The molecule has 7 heteroatoms. The van der Waals surface area contributed by atoms with Crippen molar-refractivity contribution in [1.82, 2.24) is 9.97 Å². The molecule has 3 atom stereocenters. The van der Waals surface area contributed by atoms with Crippen LogP contribution in [0, 0.1) is 5.92 Å². The average molecular weight is 534 g/mol. The Morgan fingerprint density at radius 3 is 2.64 bits per heavy atom. The van der Waals surface area contributed by atoms with Crippen LogP contribution >= 0.6 is 0 Å². The summed E-state index contributed by atoms with van der Waals surface area (Å²) in [5, 5.41) is 13.8. The molecule has 1 unspecified atom stereocenters. The molecule has 0 aliphatic heterocycles. The molecule has 210 valence electrons. The quantitative estimate of drug-likeness (QED) is 0.331. The molecule has 1 amide bonds. The number of aliphatic hydroxyl groups is 1. The van der Waals surface area contributed by atoms with Crippen LogP contribution in [0.15, 0.2) is 48.7 Å². The van der Waals surface area contributed by atoms with E-state index in [0.717, 1.165) is 66.2 Å². The van der Waals surface area contributed by atoms with Gasteiger partial charge in [0.25, 0.3) is 5.91 Å². The third-order valence-corrected chi connectivity index (χ3v) is 8.49. The summed E-state index contributed by atoms with van der Waals surface area (Å²) in [5.41, 5.74) is 7.53. The number of nitrogens with two attached hydrogens (primary N) is 1. The Kier molecular flexibility index (Phi) is 9.23. The number of nitrogens with zero attached hydrogens (tertiary/aromatic N) is 3. The highest BCUT2D eigenvalue weighted by atomic mass is 16.5. The fraction of sp³-hybridized carbons (Fsp3) is 0.531. The van der Waals surface area contributed by atoms with E-state index in [1.165, 1.54) is 0 Å². The minimum atomic E-state index is -1.58. The number of amides is 1. The Hall–Kier alpha value is -3.03. The van der Waals surface area contributed by atoms with Gasteiger partial charge in [0.15, 0.2) is 5.60 Å². The summed E-state index contributed by atoms with van der Waals surface area (Å²) in [7, 11) is 4.11. The third-order valence-electron chi connectivity index (χ3n) is 8.49. The first-order valence-electron chi connectivity index (χ1n) is 14.5. The molecule has 2 heterocycles. The Balaban J connectivity index is 1.44. The van der Waals surface area contributed by atoms with Gasteiger partial charge in [-0.15, -0.1) is 0 Å². The van der Waals surface area contributed by atoms with Crippen molar-refractivity contribution in [3.05, 3.63) is 65.6 Å². The van der Waals surface area contributed by atoms with Crippen molar-refractivity contribution in [2.75, 3.05) is 27.2 Å². The maximum atomic E-state index is 12.7. The van der Waals surface area contributed by atoms with Gasteiger partial charge >= 0.3 is 0 Å². The number of hydrogen-bond acceptors (Lipinski definition) is 5. The molecule has 3 N–H and O–H groups in total. The van der Waals surface area contributed by atoms with Crippen LogP contribution in [-0.4, -0.2) is 64.4 Å². The van der Waals surface area contributed by atoms with Crippen molar-refractivity contribution < 1.29 is 19.1 Å². The van der Waals surface area contributed by atoms with E-state index in [1.54, 1.807) is 0 Å². The van der Waals surface area contributed by atoms with Crippen molar-refractivity contribution in [1.29, 1.82) is 0 Å². The number of hydrogen-bond donors (Lipinski definition) is 2. The van der Waals surface area contributed by atoms with E-state index in [-0.39, 0.29) is 12.0 Å². The molecule has 0 radical (unpaired) electrons. The van der Waals surface area contributed by atoms with Crippen LogP contribution in [0.2, 0.25) is 0 Å². The van der Waals surface area contributed by atoms with Gasteiger partial charge in [0, 0.05) is 29.4 Å². The molecule has 0 spiro atoms. The maximum Gasteiger partial charge on any atom is 0.255 e. The second kappa shape index (κ2) is 12.4. The summed E-state index contributed by atoms with van der Waals surface area (Å²) in [4.78, 5) is 22.0. The van der Waals surface area contributed by atoms with Crippen molar-refractivity contribution in [3.63, 3.8) is 0 Å². The molecule has 0 saturated heterocycles. The van der Waals surface area contributed by atoms with Gasteiger partial charge in [0.1, 0.15) is 19.2 Å². The van der Waals surface area contributed by atoms with Gasteiger partial charge < -0.3 is 20.1 Å². The summed E-state index contributed by atoms with van der Waals surface area (Å²) in [5.74, 6) is 0.182. The first kappa shape index (κ1) is 29.0. The highest BCUT2D eigenvalue weighted by Gasteiger charge is 2.54. The number of primary amides is 1. The van der Waals surface area contributed by atoms with Crippen LogP contribution in [0.4, 0.5) is 0 Å². The smallest absolute Gasteiger partial charge is 0.255 e. The SMILES string of the molecule is CCCCc1cc2ccccc2c(OCC[N+](C)(C)[C@H]2CCC(Cc3ccc(CC)nc3)C[C@@]2(O)C(N)=O)n1. The summed E-state index contributed by atoms with van der Waals surface area (Å²) in [6.07, 6.45) is 8.72. The molecule has 1 aromatic carbocycles. The predicted octanol–water partition coefficient (Wildman–Crippen LogP) is 4.62. The number of carbonyl (C=O) groups is 1. The zero-order valence-electron chi connectivity index (χ0n) is 24.0. The van der Waals surface area contributed by atoms with E-state index in [9.17, 15) is 9.90 Å². The molecule has 2 aromatic heterocycles. The molecule has 39 heavy (non-hydrogen) atoms. The molecule has 1 aliphatic carbocycles.